The highest BCUT2D eigenvalue weighted by Gasteiger charge is 2.27. The summed E-state index contributed by atoms with van der Waals surface area (Å²) >= 11 is 5.95. The summed E-state index contributed by atoms with van der Waals surface area (Å²) in [6.45, 7) is 2.26. The van der Waals surface area contributed by atoms with Gasteiger partial charge >= 0.3 is 5.97 Å². The Labute approximate surface area is 189 Å². The number of benzene rings is 2. The zero-order chi connectivity index (χ0) is 23.5. The first-order valence-corrected chi connectivity index (χ1v) is 11.5. The van der Waals surface area contributed by atoms with Crippen molar-refractivity contribution < 1.29 is 27.7 Å². The van der Waals surface area contributed by atoms with Crippen LogP contribution in [-0.2, 0) is 19.6 Å². The Balaban J connectivity index is 1.64. The van der Waals surface area contributed by atoms with Crippen molar-refractivity contribution in [3.63, 3.8) is 0 Å². The first-order valence-electron chi connectivity index (χ1n) is 9.65. The highest BCUT2D eigenvalue weighted by molar-refractivity contribution is 7.89. The smallest absolute Gasteiger partial charge is 0.338 e. The van der Waals surface area contributed by atoms with Crippen molar-refractivity contribution in [2.24, 2.45) is 0 Å². The Hall–Kier alpha value is -3.02. The van der Waals surface area contributed by atoms with Crippen LogP contribution in [0.25, 0.3) is 0 Å². The summed E-state index contributed by atoms with van der Waals surface area (Å²) < 4.78 is 31.6. The van der Waals surface area contributed by atoms with Crippen LogP contribution in [0.4, 0.5) is 11.4 Å². The van der Waals surface area contributed by atoms with E-state index in [1.165, 1.54) is 47.6 Å². The number of non-ortho nitro benzene ring substituents is 1. The molecule has 1 amide bonds. The van der Waals surface area contributed by atoms with Gasteiger partial charge in [-0.2, -0.15) is 4.31 Å². The van der Waals surface area contributed by atoms with E-state index in [0.29, 0.717) is 13.1 Å². The van der Waals surface area contributed by atoms with Gasteiger partial charge in [-0.1, -0.05) is 11.6 Å². The maximum absolute atomic E-state index is 12.6. The van der Waals surface area contributed by atoms with Crippen LogP contribution >= 0.6 is 11.6 Å². The standard InChI is InChI=1S/C20H20ClN3O7S/c1-13(19(25)22-18-12-15(24(27)28)6-9-17(18)21)31-20(26)14-4-7-16(8-5-14)32(29,30)23-10-2-3-11-23/h4-9,12-13H,2-3,10-11H2,1H3,(H,22,25)/t13-/m0/s1. The molecule has 12 heteroatoms. The number of nitrogens with zero attached hydrogens (tertiary/aromatic N) is 2. The van der Waals surface area contributed by atoms with Crippen molar-refractivity contribution in [3.8, 4) is 0 Å². The quantitative estimate of drug-likeness (QED) is 0.364. The van der Waals surface area contributed by atoms with E-state index in [4.69, 9.17) is 16.3 Å². The fourth-order valence-electron chi connectivity index (χ4n) is 3.08. The molecule has 0 unspecified atom stereocenters. The van der Waals surface area contributed by atoms with Gasteiger partial charge in [0.15, 0.2) is 6.10 Å². The van der Waals surface area contributed by atoms with Crippen molar-refractivity contribution in [3.05, 3.63) is 63.2 Å². The first kappa shape index (κ1) is 23.6. The summed E-state index contributed by atoms with van der Waals surface area (Å²) in [7, 11) is -3.61. The lowest BCUT2D eigenvalue weighted by molar-refractivity contribution is -0.384. The maximum atomic E-state index is 12.6. The molecule has 2 aromatic carbocycles. The minimum Gasteiger partial charge on any atom is -0.449 e. The molecule has 0 aliphatic carbocycles. The molecule has 10 nitrogen and oxygen atoms in total. The van der Waals surface area contributed by atoms with E-state index in [-0.39, 0.29) is 26.9 Å². The summed E-state index contributed by atoms with van der Waals surface area (Å²) in [6, 6.07) is 8.81. The highest BCUT2D eigenvalue weighted by Crippen LogP contribution is 2.27. The number of nitrogens with one attached hydrogen (secondary N) is 1. The zero-order valence-corrected chi connectivity index (χ0v) is 18.6. The van der Waals surface area contributed by atoms with Crippen molar-refractivity contribution in [1.29, 1.82) is 0 Å². The normalized spacial score (nSPS) is 15.2. The van der Waals surface area contributed by atoms with Crippen LogP contribution < -0.4 is 5.32 Å². The van der Waals surface area contributed by atoms with Crippen LogP contribution in [0.2, 0.25) is 5.02 Å². The fraction of sp³-hybridized carbons (Fsp3) is 0.300. The summed E-state index contributed by atoms with van der Waals surface area (Å²) in [4.78, 5) is 35.0. The number of nitro benzene ring substituents is 1. The number of ether oxygens (including phenoxy) is 1. The number of hydrogen-bond donors (Lipinski definition) is 1. The molecule has 0 spiro atoms. The Morgan fingerprint density at radius 3 is 2.38 bits per heavy atom. The van der Waals surface area contributed by atoms with Crippen LogP contribution in [0.15, 0.2) is 47.4 Å². The van der Waals surface area contributed by atoms with Crippen LogP contribution in [0.3, 0.4) is 0 Å². The van der Waals surface area contributed by atoms with Crippen molar-refractivity contribution >= 4 is 44.9 Å². The highest BCUT2D eigenvalue weighted by atomic mass is 35.5. The van der Waals surface area contributed by atoms with Gasteiger partial charge < -0.3 is 10.1 Å². The Kier molecular flexibility index (Phi) is 7.12. The largest absolute Gasteiger partial charge is 0.449 e. The van der Waals surface area contributed by atoms with Gasteiger partial charge in [-0.15, -0.1) is 0 Å². The molecule has 170 valence electrons. The van der Waals surface area contributed by atoms with Gasteiger partial charge in [0.05, 0.1) is 26.1 Å². The lowest BCUT2D eigenvalue weighted by Crippen LogP contribution is -2.30. The van der Waals surface area contributed by atoms with Gasteiger partial charge in [0, 0.05) is 25.2 Å². The van der Waals surface area contributed by atoms with Gasteiger partial charge in [-0.05, 0) is 50.1 Å². The molecule has 1 fully saturated rings. The second-order valence-electron chi connectivity index (χ2n) is 7.09. The van der Waals surface area contributed by atoms with Gasteiger partial charge in [0.1, 0.15) is 0 Å². The third-order valence-electron chi connectivity index (χ3n) is 4.86. The van der Waals surface area contributed by atoms with E-state index in [2.05, 4.69) is 5.32 Å². The monoisotopic (exact) mass is 481 g/mol. The number of hydrogen-bond acceptors (Lipinski definition) is 7. The van der Waals surface area contributed by atoms with Gasteiger partial charge in [-0.25, -0.2) is 13.2 Å². The molecule has 32 heavy (non-hydrogen) atoms. The number of carbonyl (C=O) groups excluding carboxylic acids is 2. The molecule has 0 bridgehead atoms. The van der Waals surface area contributed by atoms with Crippen LogP contribution in [-0.4, -0.2) is 48.7 Å². The van der Waals surface area contributed by atoms with E-state index in [1.54, 1.807) is 0 Å². The van der Waals surface area contributed by atoms with Crippen LogP contribution in [0, 0.1) is 10.1 Å². The molecule has 0 radical (unpaired) electrons. The lowest BCUT2D eigenvalue weighted by atomic mass is 10.2. The number of anilines is 1. The Morgan fingerprint density at radius 1 is 1.16 bits per heavy atom. The average Bonchev–Trinajstić information content (AvgIpc) is 3.31. The van der Waals surface area contributed by atoms with Crippen molar-refractivity contribution in [2.45, 2.75) is 30.8 Å². The average molecular weight is 482 g/mol. The summed E-state index contributed by atoms with van der Waals surface area (Å²) in [6.07, 6.45) is 0.377. The number of nitro groups is 1. The number of esters is 1. The number of sulfonamides is 1. The molecule has 1 aliphatic rings. The van der Waals surface area contributed by atoms with E-state index in [0.717, 1.165) is 18.9 Å². The number of rotatable bonds is 7. The van der Waals surface area contributed by atoms with E-state index >= 15 is 0 Å². The summed E-state index contributed by atoms with van der Waals surface area (Å²) in [5.41, 5.74) is -0.193. The molecule has 1 atom stereocenters. The van der Waals surface area contributed by atoms with Gasteiger partial charge in [0.25, 0.3) is 11.6 Å². The number of amides is 1. The topological polar surface area (TPSA) is 136 Å². The summed E-state index contributed by atoms with van der Waals surface area (Å²) in [5, 5.41) is 13.4. The maximum Gasteiger partial charge on any atom is 0.338 e. The Morgan fingerprint density at radius 2 is 1.78 bits per heavy atom. The van der Waals surface area contributed by atoms with Crippen molar-refractivity contribution in [2.75, 3.05) is 18.4 Å². The third-order valence-corrected chi connectivity index (χ3v) is 7.11. The third kappa shape index (κ3) is 5.23. The van der Waals surface area contributed by atoms with E-state index in [1.807, 2.05) is 0 Å². The summed E-state index contributed by atoms with van der Waals surface area (Å²) in [5.74, 6) is -1.57. The number of carbonyl (C=O) groups is 2. The molecule has 1 aliphatic heterocycles. The molecule has 1 heterocycles. The fourth-order valence-corrected chi connectivity index (χ4v) is 4.76. The second-order valence-corrected chi connectivity index (χ2v) is 9.44. The predicted octanol–water partition coefficient (Wildman–Crippen LogP) is 3.22. The molecular formula is C20H20ClN3O7S. The molecule has 2 aromatic rings. The minimum atomic E-state index is -3.61. The van der Waals surface area contributed by atoms with Gasteiger partial charge in [0.2, 0.25) is 10.0 Å². The van der Waals surface area contributed by atoms with Crippen LogP contribution in [0.1, 0.15) is 30.1 Å². The zero-order valence-electron chi connectivity index (χ0n) is 17.0. The van der Waals surface area contributed by atoms with Gasteiger partial charge in [-0.3, -0.25) is 14.9 Å². The van der Waals surface area contributed by atoms with Crippen LogP contribution in [0.5, 0.6) is 0 Å². The molecular weight excluding hydrogens is 462 g/mol. The predicted molar refractivity (Wildman–Crippen MR) is 116 cm³/mol. The van der Waals surface area contributed by atoms with E-state index in [9.17, 15) is 28.1 Å². The molecule has 3 rings (SSSR count). The molecule has 0 aromatic heterocycles. The first-order chi connectivity index (χ1) is 15.1. The number of halogens is 1. The molecule has 0 saturated carbocycles. The lowest BCUT2D eigenvalue weighted by Gasteiger charge is -2.16. The molecule has 1 saturated heterocycles. The Bertz CT molecular complexity index is 1150. The van der Waals surface area contributed by atoms with Crippen molar-refractivity contribution in [1.82, 2.24) is 4.31 Å². The second kappa shape index (κ2) is 9.63. The minimum absolute atomic E-state index is 0.00485. The van der Waals surface area contributed by atoms with E-state index < -0.39 is 32.9 Å². The molecule has 1 N–H and O–H groups in total. The SMILES string of the molecule is C[C@H](OC(=O)c1ccc(S(=O)(=O)N2CCCC2)cc1)C(=O)Nc1cc([N+](=O)[O-])ccc1Cl.